The lowest BCUT2D eigenvalue weighted by Crippen LogP contribution is -2.03. The fourth-order valence-corrected chi connectivity index (χ4v) is 1.07. The second-order valence-corrected chi connectivity index (χ2v) is 4.57. The van der Waals surface area contributed by atoms with Crippen molar-refractivity contribution in [2.45, 2.75) is 13.3 Å². The Morgan fingerprint density at radius 1 is 1.25 bits per heavy atom. The number of ether oxygens (including phenoxy) is 1. The third kappa shape index (κ3) is 6.80. The van der Waals surface area contributed by atoms with E-state index in [0.717, 1.165) is 6.42 Å². The molecule has 0 aliphatic heterocycles. The van der Waals surface area contributed by atoms with E-state index in [1.165, 1.54) is 13.8 Å². The zero-order valence-electron chi connectivity index (χ0n) is 7.91. The van der Waals surface area contributed by atoms with Gasteiger partial charge < -0.3 is 13.8 Å². The fourth-order valence-electron chi connectivity index (χ4n) is 0.561. The van der Waals surface area contributed by atoms with E-state index in [4.69, 9.17) is 9.26 Å². The minimum absolute atomic E-state index is 0.321. The van der Waals surface area contributed by atoms with Crippen molar-refractivity contribution in [3.05, 3.63) is 0 Å². The van der Waals surface area contributed by atoms with E-state index in [0.29, 0.717) is 19.8 Å². The van der Waals surface area contributed by atoms with Crippen LogP contribution in [0.4, 0.5) is 0 Å². The van der Waals surface area contributed by atoms with Gasteiger partial charge in [-0.2, -0.15) is 0 Å². The molecule has 0 aromatic heterocycles. The zero-order valence-corrected chi connectivity index (χ0v) is 8.80. The maximum absolute atomic E-state index is 11.1. The first-order chi connectivity index (χ1) is 5.62. The van der Waals surface area contributed by atoms with Gasteiger partial charge in [0.1, 0.15) is 0 Å². The molecule has 0 N–H and O–H groups in total. The lowest BCUT2D eigenvalue weighted by Gasteiger charge is -2.10. The van der Waals surface area contributed by atoms with Crippen molar-refractivity contribution in [1.29, 1.82) is 0 Å². The first-order valence-corrected chi connectivity index (χ1v) is 5.97. The van der Waals surface area contributed by atoms with Crippen LogP contribution in [0.15, 0.2) is 0 Å². The summed E-state index contributed by atoms with van der Waals surface area (Å²) < 4.78 is 25.8. The normalized spacial score (nSPS) is 15.9. The van der Waals surface area contributed by atoms with Gasteiger partial charge in [0.05, 0.1) is 13.2 Å². The first-order valence-electron chi connectivity index (χ1n) is 3.98. The maximum Gasteiger partial charge on any atom is 0.327 e. The molecule has 0 rings (SSSR count). The zero-order chi connectivity index (χ0) is 9.45. The molecule has 5 heteroatoms. The highest BCUT2D eigenvalue weighted by atomic mass is 31.2. The van der Waals surface area contributed by atoms with Crippen LogP contribution in [0, 0.1) is 0 Å². The largest absolute Gasteiger partial charge is 0.379 e. The minimum Gasteiger partial charge on any atom is -0.379 e. The van der Waals surface area contributed by atoms with Crippen molar-refractivity contribution < 1.29 is 18.3 Å². The molecule has 1 atom stereocenters. The summed E-state index contributed by atoms with van der Waals surface area (Å²) >= 11 is 0. The van der Waals surface area contributed by atoms with Crippen LogP contribution in [0.3, 0.4) is 0 Å². The molecular formula is C7H17O4P. The lowest BCUT2D eigenvalue weighted by molar-refractivity contribution is 0.0944. The minimum atomic E-state index is -2.80. The van der Waals surface area contributed by atoms with Crippen LogP contribution in [0.2, 0.25) is 0 Å². The SMILES string of the molecule is CCCOCCOP(C)(=O)OC. The molecule has 0 heterocycles. The summed E-state index contributed by atoms with van der Waals surface area (Å²) in [4.78, 5) is 0. The molecule has 1 unspecified atom stereocenters. The number of hydrogen-bond acceptors (Lipinski definition) is 4. The summed E-state index contributed by atoms with van der Waals surface area (Å²) in [7, 11) is -1.43. The van der Waals surface area contributed by atoms with Crippen molar-refractivity contribution in [1.82, 2.24) is 0 Å². The summed E-state index contributed by atoms with van der Waals surface area (Å²) in [6.45, 7) is 4.97. The summed E-state index contributed by atoms with van der Waals surface area (Å²) in [6.07, 6.45) is 0.980. The molecule has 74 valence electrons. The molecule has 0 bridgehead atoms. The van der Waals surface area contributed by atoms with Gasteiger partial charge in [-0.15, -0.1) is 0 Å². The van der Waals surface area contributed by atoms with Crippen LogP contribution >= 0.6 is 7.60 Å². The highest BCUT2D eigenvalue weighted by Crippen LogP contribution is 2.42. The van der Waals surface area contributed by atoms with Crippen LogP contribution in [0.25, 0.3) is 0 Å². The molecule has 0 aromatic carbocycles. The van der Waals surface area contributed by atoms with Crippen molar-refractivity contribution in [3.8, 4) is 0 Å². The van der Waals surface area contributed by atoms with E-state index in [9.17, 15) is 4.57 Å². The Balaban J connectivity index is 3.25. The van der Waals surface area contributed by atoms with Gasteiger partial charge in [-0.05, 0) is 6.42 Å². The molecule has 0 aliphatic carbocycles. The van der Waals surface area contributed by atoms with Gasteiger partial charge >= 0.3 is 7.60 Å². The molecule has 0 amide bonds. The highest BCUT2D eigenvalue weighted by Gasteiger charge is 2.12. The Bertz CT molecular complexity index is 148. The smallest absolute Gasteiger partial charge is 0.327 e. The van der Waals surface area contributed by atoms with Crippen molar-refractivity contribution in [3.63, 3.8) is 0 Å². The van der Waals surface area contributed by atoms with E-state index in [1.54, 1.807) is 0 Å². The predicted octanol–water partition coefficient (Wildman–Crippen LogP) is 1.90. The van der Waals surface area contributed by atoms with Gasteiger partial charge in [0, 0.05) is 20.4 Å². The Hall–Kier alpha value is 0.110. The third-order valence-electron chi connectivity index (χ3n) is 1.23. The standard InChI is InChI=1S/C7H17O4P/c1-4-5-10-6-7-11-12(3,8)9-2/h4-7H2,1-3H3. The molecule has 0 aromatic rings. The average molecular weight is 196 g/mol. The second kappa shape index (κ2) is 6.61. The van der Waals surface area contributed by atoms with Crippen LogP contribution in [-0.2, 0) is 18.3 Å². The van der Waals surface area contributed by atoms with Crippen molar-refractivity contribution in [2.24, 2.45) is 0 Å². The lowest BCUT2D eigenvalue weighted by atomic mass is 10.5. The molecule has 0 aliphatic rings. The summed E-state index contributed by atoms with van der Waals surface area (Å²) in [6, 6.07) is 0. The van der Waals surface area contributed by atoms with Gasteiger partial charge in [0.15, 0.2) is 0 Å². The number of rotatable bonds is 7. The predicted molar refractivity (Wildman–Crippen MR) is 47.6 cm³/mol. The summed E-state index contributed by atoms with van der Waals surface area (Å²) in [5.41, 5.74) is 0. The van der Waals surface area contributed by atoms with Crippen molar-refractivity contribution in [2.75, 3.05) is 33.6 Å². The third-order valence-corrected chi connectivity index (χ3v) is 2.55. The molecule has 0 radical (unpaired) electrons. The molecule has 0 spiro atoms. The Morgan fingerprint density at radius 2 is 1.92 bits per heavy atom. The van der Waals surface area contributed by atoms with Crippen LogP contribution in [0.1, 0.15) is 13.3 Å². The van der Waals surface area contributed by atoms with E-state index >= 15 is 0 Å². The van der Waals surface area contributed by atoms with Crippen LogP contribution in [0.5, 0.6) is 0 Å². The number of hydrogen-bond donors (Lipinski definition) is 0. The van der Waals surface area contributed by atoms with Gasteiger partial charge in [-0.3, -0.25) is 4.57 Å². The fraction of sp³-hybridized carbons (Fsp3) is 1.00. The van der Waals surface area contributed by atoms with Gasteiger partial charge in [0.2, 0.25) is 0 Å². The monoisotopic (exact) mass is 196 g/mol. The topological polar surface area (TPSA) is 44.8 Å². The molecule has 0 fully saturated rings. The average Bonchev–Trinajstić information content (AvgIpc) is 2.04. The molecule has 0 saturated heterocycles. The quantitative estimate of drug-likeness (QED) is 0.460. The van der Waals surface area contributed by atoms with Crippen LogP contribution < -0.4 is 0 Å². The van der Waals surface area contributed by atoms with Crippen LogP contribution in [-0.4, -0.2) is 33.6 Å². The summed E-state index contributed by atoms with van der Waals surface area (Å²) in [5, 5.41) is 0. The summed E-state index contributed by atoms with van der Waals surface area (Å²) in [5.74, 6) is 0. The van der Waals surface area contributed by atoms with Gasteiger partial charge in [-0.1, -0.05) is 6.92 Å². The second-order valence-electron chi connectivity index (χ2n) is 2.40. The van der Waals surface area contributed by atoms with Gasteiger partial charge in [-0.25, -0.2) is 0 Å². The maximum atomic E-state index is 11.1. The molecule has 12 heavy (non-hydrogen) atoms. The Morgan fingerprint density at radius 3 is 2.42 bits per heavy atom. The van der Waals surface area contributed by atoms with E-state index < -0.39 is 7.60 Å². The molecule has 0 saturated carbocycles. The van der Waals surface area contributed by atoms with E-state index in [1.807, 2.05) is 6.92 Å². The van der Waals surface area contributed by atoms with Gasteiger partial charge in [0.25, 0.3) is 0 Å². The van der Waals surface area contributed by atoms with E-state index in [-0.39, 0.29) is 0 Å². The first kappa shape index (κ1) is 12.1. The van der Waals surface area contributed by atoms with Crippen molar-refractivity contribution >= 4 is 7.60 Å². The Kier molecular flexibility index (Phi) is 6.67. The highest BCUT2D eigenvalue weighted by molar-refractivity contribution is 7.52. The molecule has 4 nitrogen and oxygen atoms in total. The van der Waals surface area contributed by atoms with E-state index in [2.05, 4.69) is 4.52 Å². The molecular weight excluding hydrogens is 179 g/mol. The Labute approximate surface area is 73.7 Å².